The van der Waals surface area contributed by atoms with E-state index in [0.29, 0.717) is 70.0 Å². The van der Waals surface area contributed by atoms with Gasteiger partial charge in [0.25, 0.3) is 11.5 Å². The first-order valence-corrected chi connectivity index (χ1v) is 13.3. The SMILES string of the molecule is COc1cc2nccc(Oc3ccc(NC(=O)c4c5c(cn(-c6ccccc6)c4=O)C(=O)CCC5)nc3)c2cc1OC. The molecule has 10 nitrogen and oxygen atoms in total. The molecular weight excluding hydrogens is 536 g/mol. The fraction of sp³-hybridized carbons (Fsp3) is 0.156. The largest absolute Gasteiger partial charge is 0.493 e. The van der Waals surface area contributed by atoms with Crippen LogP contribution >= 0.6 is 0 Å². The first kappa shape index (κ1) is 26.7. The molecule has 0 fully saturated rings. The maximum absolute atomic E-state index is 13.6. The molecule has 1 aliphatic carbocycles. The molecule has 0 unspecified atom stereocenters. The lowest BCUT2D eigenvalue weighted by atomic mass is 9.88. The van der Waals surface area contributed by atoms with Gasteiger partial charge in [-0.3, -0.25) is 23.9 Å². The molecule has 6 rings (SSSR count). The summed E-state index contributed by atoms with van der Waals surface area (Å²) in [6.45, 7) is 0. The van der Waals surface area contributed by atoms with Gasteiger partial charge in [0, 0.05) is 41.5 Å². The fourth-order valence-electron chi connectivity index (χ4n) is 5.08. The van der Waals surface area contributed by atoms with Crippen LogP contribution in [0.5, 0.6) is 23.0 Å². The zero-order chi connectivity index (χ0) is 29.2. The Morgan fingerprint density at radius 2 is 1.69 bits per heavy atom. The average molecular weight is 563 g/mol. The van der Waals surface area contributed by atoms with Crippen LogP contribution in [0.4, 0.5) is 5.82 Å². The lowest BCUT2D eigenvalue weighted by Gasteiger charge is -2.20. The number of carbonyl (C=O) groups is 2. The Bertz CT molecular complexity index is 1880. The summed E-state index contributed by atoms with van der Waals surface area (Å²) in [4.78, 5) is 48.5. The molecular formula is C32H26N4O6. The number of nitrogens with one attached hydrogen (secondary N) is 1. The Balaban J connectivity index is 1.28. The van der Waals surface area contributed by atoms with E-state index in [1.165, 1.54) is 10.8 Å². The van der Waals surface area contributed by atoms with Crippen LogP contribution in [-0.4, -0.2) is 40.4 Å². The second kappa shape index (κ2) is 11.2. The third-order valence-electron chi connectivity index (χ3n) is 7.12. The highest BCUT2D eigenvalue weighted by Gasteiger charge is 2.28. The number of fused-ring (bicyclic) bond motifs is 2. The summed E-state index contributed by atoms with van der Waals surface area (Å²) in [5.41, 5.74) is 1.54. The van der Waals surface area contributed by atoms with Crippen LogP contribution in [0.3, 0.4) is 0 Å². The van der Waals surface area contributed by atoms with E-state index in [1.54, 1.807) is 81.2 Å². The van der Waals surface area contributed by atoms with Crippen LogP contribution in [0.2, 0.25) is 0 Å². The maximum Gasteiger partial charge on any atom is 0.268 e. The van der Waals surface area contributed by atoms with Gasteiger partial charge in [-0.25, -0.2) is 4.98 Å². The molecule has 0 saturated heterocycles. The minimum absolute atomic E-state index is 0.0563. The van der Waals surface area contributed by atoms with Gasteiger partial charge in [-0.1, -0.05) is 18.2 Å². The molecule has 1 amide bonds. The minimum atomic E-state index is -0.626. The highest BCUT2D eigenvalue weighted by atomic mass is 16.5. The molecule has 0 aliphatic heterocycles. The molecule has 1 N–H and O–H groups in total. The number of benzene rings is 2. The lowest BCUT2D eigenvalue weighted by Crippen LogP contribution is -2.33. The number of ketones is 1. The quantitative estimate of drug-likeness (QED) is 0.281. The maximum atomic E-state index is 13.6. The van der Waals surface area contributed by atoms with Gasteiger partial charge >= 0.3 is 0 Å². The Morgan fingerprint density at radius 3 is 2.43 bits per heavy atom. The van der Waals surface area contributed by atoms with Gasteiger partial charge in [0.2, 0.25) is 0 Å². The monoisotopic (exact) mass is 562 g/mol. The molecule has 1 aliphatic rings. The molecule has 0 bridgehead atoms. The molecule has 0 radical (unpaired) electrons. The number of methoxy groups -OCH3 is 2. The number of hydrogen-bond acceptors (Lipinski definition) is 8. The van der Waals surface area contributed by atoms with E-state index in [9.17, 15) is 14.4 Å². The molecule has 42 heavy (non-hydrogen) atoms. The van der Waals surface area contributed by atoms with Gasteiger partial charge in [0.1, 0.15) is 22.9 Å². The summed E-state index contributed by atoms with van der Waals surface area (Å²) in [5, 5.41) is 3.43. The number of pyridine rings is 3. The summed E-state index contributed by atoms with van der Waals surface area (Å²) >= 11 is 0. The average Bonchev–Trinajstić information content (AvgIpc) is 3.01. The third kappa shape index (κ3) is 4.94. The minimum Gasteiger partial charge on any atom is -0.493 e. The number of aromatic nitrogens is 3. The Labute approximate surface area is 240 Å². The normalized spacial score (nSPS) is 12.5. The molecule has 10 heteroatoms. The molecule has 0 saturated carbocycles. The molecule has 0 spiro atoms. The molecule has 210 valence electrons. The number of nitrogens with zero attached hydrogens (tertiary/aromatic N) is 3. The van der Waals surface area contributed by atoms with E-state index in [2.05, 4.69) is 15.3 Å². The van der Waals surface area contributed by atoms with Gasteiger partial charge in [0.05, 0.1) is 25.9 Å². The van der Waals surface area contributed by atoms with Gasteiger partial charge in [-0.15, -0.1) is 0 Å². The van der Waals surface area contributed by atoms with Crippen molar-refractivity contribution in [3.63, 3.8) is 0 Å². The predicted octanol–water partition coefficient (Wildman–Crippen LogP) is 5.36. The van der Waals surface area contributed by atoms with Crippen LogP contribution in [0.1, 0.15) is 39.1 Å². The van der Waals surface area contributed by atoms with E-state index < -0.39 is 11.5 Å². The van der Waals surface area contributed by atoms with E-state index in [4.69, 9.17) is 14.2 Å². The van der Waals surface area contributed by atoms with Crippen molar-refractivity contribution in [1.29, 1.82) is 0 Å². The number of rotatable bonds is 7. The fourth-order valence-corrected chi connectivity index (χ4v) is 5.08. The summed E-state index contributed by atoms with van der Waals surface area (Å²) in [7, 11) is 3.11. The summed E-state index contributed by atoms with van der Waals surface area (Å²) < 4.78 is 18.2. The van der Waals surface area contributed by atoms with Crippen molar-refractivity contribution < 1.29 is 23.8 Å². The molecule has 3 heterocycles. The highest BCUT2D eigenvalue weighted by Crippen LogP contribution is 2.37. The third-order valence-corrected chi connectivity index (χ3v) is 7.12. The number of anilines is 1. The molecule has 0 atom stereocenters. The zero-order valence-electron chi connectivity index (χ0n) is 22.9. The molecule has 3 aromatic heterocycles. The number of ether oxygens (including phenoxy) is 3. The van der Waals surface area contributed by atoms with Crippen molar-refractivity contribution in [2.75, 3.05) is 19.5 Å². The number of Topliss-reactive ketones (excluding diaryl/α,β-unsaturated/α-hetero) is 1. The first-order valence-electron chi connectivity index (χ1n) is 13.3. The Hall–Kier alpha value is -5.51. The van der Waals surface area contributed by atoms with Gasteiger partial charge in [-0.2, -0.15) is 0 Å². The highest BCUT2D eigenvalue weighted by molar-refractivity contribution is 6.08. The molecule has 2 aromatic carbocycles. The van der Waals surface area contributed by atoms with Crippen LogP contribution in [0.25, 0.3) is 16.6 Å². The Kier molecular flexibility index (Phi) is 7.10. The topological polar surface area (TPSA) is 122 Å². The zero-order valence-corrected chi connectivity index (χ0v) is 22.9. The van der Waals surface area contributed by atoms with E-state index >= 15 is 0 Å². The lowest BCUT2D eigenvalue weighted by molar-refractivity contribution is 0.0971. The first-order chi connectivity index (χ1) is 20.5. The van der Waals surface area contributed by atoms with E-state index in [1.807, 2.05) is 6.07 Å². The second-order valence-electron chi connectivity index (χ2n) is 9.65. The van der Waals surface area contributed by atoms with Gasteiger partial charge < -0.3 is 19.5 Å². The van der Waals surface area contributed by atoms with Crippen molar-refractivity contribution in [3.8, 4) is 28.7 Å². The summed E-state index contributed by atoms with van der Waals surface area (Å²) in [5.74, 6) is 1.55. The van der Waals surface area contributed by atoms with Gasteiger partial charge in [0.15, 0.2) is 17.3 Å². The van der Waals surface area contributed by atoms with Crippen molar-refractivity contribution in [2.24, 2.45) is 0 Å². The summed E-state index contributed by atoms with van der Waals surface area (Å²) in [6.07, 6.45) is 6.05. The predicted molar refractivity (Wildman–Crippen MR) is 156 cm³/mol. The van der Waals surface area contributed by atoms with Crippen molar-refractivity contribution >= 4 is 28.4 Å². The van der Waals surface area contributed by atoms with Crippen LogP contribution in [-0.2, 0) is 6.42 Å². The summed E-state index contributed by atoms with van der Waals surface area (Å²) in [6, 6.07) is 17.4. The van der Waals surface area contributed by atoms with Crippen molar-refractivity contribution in [3.05, 3.63) is 106 Å². The van der Waals surface area contributed by atoms with Crippen molar-refractivity contribution in [2.45, 2.75) is 19.3 Å². The van der Waals surface area contributed by atoms with Crippen LogP contribution < -0.4 is 25.1 Å². The Morgan fingerprint density at radius 1 is 0.905 bits per heavy atom. The van der Waals surface area contributed by atoms with Gasteiger partial charge in [-0.05, 0) is 54.8 Å². The standard InChI is InChI=1S/C32H26N4O6/c1-40-27-15-22-24(16-28(27)41-2)33-14-13-26(22)42-20-11-12-29(34-17-20)35-31(38)30-21-9-6-10-25(37)23(21)18-36(32(30)39)19-7-4-3-5-8-19/h3-5,7-8,11-18H,6,9-10H2,1-2H3,(H,34,35,38). The second-order valence-corrected chi connectivity index (χ2v) is 9.65. The number of carbonyl (C=O) groups excluding carboxylic acids is 2. The van der Waals surface area contributed by atoms with Crippen LogP contribution in [0, 0.1) is 0 Å². The van der Waals surface area contributed by atoms with Crippen LogP contribution in [0.15, 0.2) is 84.0 Å². The molecule has 5 aromatic rings. The van der Waals surface area contributed by atoms with E-state index in [-0.39, 0.29) is 17.2 Å². The van der Waals surface area contributed by atoms with Crippen molar-refractivity contribution in [1.82, 2.24) is 14.5 Å². The number of para-hydroxylation sites is 1. The van der Waals surface area contributed by atoms with E-state index in [0.717, 1.165) is 0 Å². The smallest absolute Gasteiger partial charge is 0.268 e. The number of amides is 1. The number of hydrogen-bond donors (Lipinski definition) is 1.